The number of aromatic nitrogens is 1. The molecule has 0 atom stereocenters. The quantitative estimate of drug-likeness (QED) is 0.875. The highest BCUT2D eigenvalue weighted by molar-refractivity contribution is 9.10. The van der Waals surface area contributed by atoms with Crippen LogP contribution in [0, 0.1) is 0 Å². The first-order valence-corrected chi connectivity index (χ1v) is 8.72. The minimum atomic E-state index is 0.420. The van der Waals surface area contributed by atoms with E-state index in [0.717, 1.165) is 17.6 Å². The van der Waals surface area contributed by atoms with Crippen molar-refractivity contribution in [1.29, 1.82) is 0 Å². The SMILES string of the molecule is CCN(Cc1c[nH]c2ccc(Br)cc12)C1CCC(N)CC1. The maximum Gasteiger partial charge on any atom is 0.0458 e. The van der Waals surface area contributed by atoms with Crippen LogP contribution in [0.15, 0.2) is 28.9 Å². The second-order valence-corrected chi connectivity index (χ2v) is 7.05. The van der Waals surface area contributed by atoms with Crippen LogP contribution in [0.4, 0.5) is 0 Å². The molecule has 0 radical (unpaired) electrons. The molecule has 0 aliphatic heterocycles. The van der Waals surface area contributed by atoms with E-state index in [4.69, 9.17) is 5.73 Å². The smallest absolute Gasteiger partial charge is 0.0458 e. The van der Waals surface area contributed by atoms with Crippen molar-refractivity contribution < 1.29 is 0 Å². The Morgan fingerprint density at radius 2 is 2.05 bits per heavy atom. The highest BCUT2D eigenvalue weighted by Gasteiger charge is 2.23. The van der Waals surface area contributed by atoms with Crippen LogP contribution >= 0.6 is 15.9 Å². The van der Waals surface area contributed by atoms with Crippen LogP contribution in [0.2, 0.25) is 0 Å². The maximum absolute atomic E-state index is 6.04. The largest absolute Gasteiger partial charge is 0.361 e. The minimum absolute atomic E-state index is 0.420. The molecule has 1 aliphatic rings. The molecule has 1 fully saturated rings. The fourth-order valence-electron chi connectivity index (χ4n) is 3.47. The van der Waals surface area contributed by atoms with Crippen LogP contribution < -0.4 is 5.73 Å². The van der Waals surface area contributed by atoms with Crippen LogP contribution in [-0.2, 0) is 6.54 Å². The van der Waals surface area contributed by atoms with Crippen molar-refractivity contribution >= 4 is 26.8 Å². The molecule has 1 aromatic carbocycles. The summed E-state index contributed by atoms with van der Waals surface area (Å²) in [6.45, 7) is 4.38. The summed E-state index contributed by atoms with van der Waals surface area (Å²) >= 11 is 3.58. The van der Waals surface area contributed by atoms with Crippen LogP contribution in [0.5, 0.6) is 0 Å². The van der Waals surface area contributed by atoms with E-state index in [1.54, 1.807) is 0 Å². The van der Waals surface area contributed by atoms with Gasteiger partial charge in [0.25, 0.3) is 0 Å². The fraction of sp³-hybridized carbons (Fsp3) is 0.529. The van der Waals surface area contributed by atoms with E-state index >= 15 is 0 Å². The van der Waals surface area contributed by atoms with E-state index in [2.05, 4.69) is 57.1 Å². The summed E-state index contributed by atoms with van der Waals surface area (Å²) in [5.41, 5.74) is 8.65. The molecule has 0 amide bonds. The van der Waals surface area contributed by atoms with E-state index < -0.39 is 0 Å². The lowest BCUT2D eigenvalue weighted by Crippen LogP contribution is -2.40. The van der Waals surface area contributed by atoms with Crippen molar-refractivity contribution in [3.63, 3.8) is 0 Å². The average Bonchev–Trinajstić information content (AvgIpc) is 2.88. The first-order chi connectivity index (χ1) is 10.2. The zero-order valence-electron chi connectivity index (χ0n) is 12.6. The molecular weight excluding hydrogens is 326 g/mol. The van der Waals surface area contributed by atoms with Crippen LogP contribution in [-0.4, -0.2) is 28.5 Å². The molecular formula is C17H24BrN3. The number of H-pyrrole nitrogens is 1. The van der Waals surface area contributed by atoms with Gasteiger partial charge in [-0.1, -0.05) is 22.9 Å². The molecule has 21 heavy (non-hydrogen) atoms. The van der Waals surface area contributed by atoms with Crippen LogP contribution in [0.1, 0.15) is 38.2 Å². The van der Waals surface area contributed by atoms with Gasteiger partial charge in [0.05, 0.1) is 0 Å². The van der Waals surface area contributed by atoms with Gasteiger partial charge < -0.3 is 10.7 Å². The Balaban J connectivity index is 1.77. The number of nitrogens with two attached hydrogens (primary N) is 1. The van der Waals surface area contributed by atoms with Gasteiger partial charge in [-0.15, -0.1) is 0 Å². The molecule has 3 nitrogen and oxygen atoms in total. The number of hydrogen-bond donors (Lipinski definition) is 2. The van der Waals surface area contributed by atoms with Gasteiger partial charge in [0.15, 0.2) is 0 Å². The van der Waals surface area contributed by atoms with Crippen molar-refractivity contribution in [2.24, 2.45) is 5.73 Å². The lowest BCUT2D eigenvalue weighted by atomic mass is 9.90. The first kappa shape index (κ1) is 15.1. The number of aromatic amines is 1. The zero-order valence-corrected chi connectivity index (χ0v) is 14.2. The highest BCUT2D eigenvalue weighted by Crippen LogP contribution is 2.27. The van der Waals surface area contributed by atoms with E-state index in [1.165, 1.54) is 42.1 Å². The van der Waals surface area contributed by atoms with Gasteiger partial charge in [0.1, 0.15) is 0 Å². The van der Waals surface area contributed by atoms with Gasteiger partial charge in [-0.25, -0.2) is 0 Å². The summed E-state index contributed by atoms with van der Waals surface area (Å²) in [5.74, 6) is 0. The van der Waals surface area contributed by atoms with Crippen molar-refractivity contribution in [1.82, 2.24) is 9.88 Å². The monoisotopic (exact) mass is 349 g/mol. The Labute approximate surface area is 135 Å². The van der Waals surface area contributed by atoms with Gasteiger partial charge in [-0.05, 0) is 56.0 Å². The average molecular weight is 350 g/mol. The fourth-order valence-corrected chi connectivity index (χ4v) is 3.83. The molecule has 114 valence electrons. The third kappa shape index (κ3) is 3.33. The second-order valence-electron chi connectivity index (χ2n) is 6.14. The molecule has 0 saturated heterocycles. The number of nitrogens with zero attached hydrogens (tertiary/aromatic N) is 1. The van der Waals surface area contributed by atoms with Gasteiger partial charge in [0.2, 0.25) is 0 Å². The molecule has 1 aliphatic carbocycles. The number of benzene rings is 1. The van der Waals surface area contributed by atoms with Crippen molar-refractivity contribution in [3.8, 4) is 0 Å². The van der Waals surface area contributed by atoms with E-state index in [9.17, 15) is 0 Å². The van der Waals surface area contributed by atoms with Crippen LogP contribution in [0.3, 0.4) is 0 Å². The number of hydrogen-bond acceptors (Lipinski definition) is 2. The normalized spacial score (nSPS) is 23.0. The summed E-state index contributed by atoms with van der Waals surface area (Å²) in [6, 6.07) is 7.55. The Morgan fingerprint density at radius 3 is 2.76 bits per heavy atom. The number of rotatable bonds is 4. The summed E-state index contributed by atoms with van der Waals surface area (Å²) in [6.07, 6.45) is 6.97. The van der Waals surface area contributed by atoms with Gasteiger partial charge in [0, 0.05) is 40.2 Å². The molecule has 0 unspecified atom stereocenters. The molecule has 1 aromatic heterocycles. The standard InChI is InChI=1S/C17H24BrN3/c1-2-21(15-6-4-14(19)5-7-15)11-12-10-20-17-8-3-13(18)9-16(12)17/h3,8-10,14-15,20H,2,4-7,11,19H2,1H3. The molecule has 4 heteroatoms. The number of halogens is 1. The molecule has 0 bridgehead atoms. The number of nitrogens with one attached hydrogen (secondary N) is 1. The maximum atomic E-state index is 6.04. The number of fused-ring (bicyclic) bond motifs is 1. The van der Waals surface area contributed by atoms with E-state index in [-0.39, 0.29) is 0 Å². The Kier molecular flexibility index (Phi) is 4.67. The van der Waals surface area contributed by atoms with Crippen molar-refractivity contribution in [2.45, 2.75) is 51.2 Å². The summed E-state index contributed by atoms with van der Waals surface area (Å²) in [4.78, 5) is 5.99. The molecule has 1 saturated carbocycles. The van der Waals surface area contributed by atoms with E-state index in [1.807, 2.05) is 0 Å². The third-order valence-electron chi connectivity index (χ3n) is 4.77. The van der Waals surface area contributed by atoms with E-state index in [0.29, 0.717) is 12.1 Å². The molecule has 1 heterocycles. The molecule has 3 rings (SSSR count). The first-order valence-electron chi connectivity index (χ1n) is 7.92. The van der Waals surface area contributed by atoms with Crippen molar-refractivity contribution in [3.05, 3.63) is 34.4 Å². The highest BCUT2D eigenvalue weighted by atomic mass is 79.9. The predicted molar refractivity (Wildman–Crippen MR) is 92.3 cm³/mol. The molecule has 0 spiro atoms. The van der Waals surface area contributed by atoms with Gasteiger partial charge in [-0.2, -0.15) is 0 Å². The lowest BCUT2D eigenvalue weighted by Gasteiger charge is -2.35. The topological polar surface area (TPSA) is 45.0 Å². The molecule has 2 aromatic rings. The predicted octanol–water partition coefficient (Wildman–Crippen LogP) is 4.02. The Bertz CT molecular complexity index is 599. The van der Waals surface area contributed by atoms with Crippen LogP contribution in [0.25, 0.3) is 10.9 Å². The molecule has 3 N–H and O–H groups in total. The summed E-state index contributed by atoms with van der Waals surface area (Å²) in [5, 5.41) is 1.33. The zero-order chi connectivity index (χ0) is 14.8. The summed E-state index contributed by atoms with van der Waals surface area (Å²) < 4.78 is 1.14. The Hall–Kier alpha value is -0.840. The van der Waals surface area contributed by atoms with Gasteiger partial charge >= 0.3 is 0 Å². The lowest BCUT2D eigenvalue weighted by molar-refractivity contribution is 0.150. The van der Waals surface area contributed by atoms with Crippen molar-refractivity contribution in [2.75, 3.05) is 6.54 Å². The van der Waals surface area contributed by atoms with Gasteiger partial charge in [-0.3, -0.25) is 4.90 Å². The minimum Gasteiger partial charge on any atom is -0.361 e. The third-order valence-corrected chi connectivity index (χ3v) is 5.26. The second kappa shape index (κ2) is 6.51. The summed E-state index contributed by atoms with van der Waals surface area (Å²) in [7, 11) is 0. The Morgan fingerprint density at radius 1 is 1.29 bits per heavy atom.